The van der Waals surface area contributed by atoms with Crippen LogP contribution in [0.5, 0.6) is 0 Å². The Bertz CT molecular complexity index is 1360. The predicted octanol–water partition coefficient (Wildman–Crippen LogP) is 6.58. The third-order valence-corrected chi connectivity index (χ3v) is 7.37. The van der Waals surface area contributed by atoms with Gasteiger partial charge in [0.25, 0.3) is 0 Å². The van der Waals surface area contributed by atoms with Crippen LogP contribution in [-0.2, 0) is 16.1 Å². The molecule has 1 unspecified atom stereocenters. The van der Waals surface area contributed by atoms with E-state index in [0.29, 0.717) is 18.0 Å². The molecular weight excluding hydrogens is 482 g/mol. The van der Waals surface area contributed by atoms with E-state index >= 15 is 0 Å². The van der Waals surface area contributed by atoms with Crippen LogP contribution in [0, 0.1) is 12.3 Å². The Hall–Kier alpha value is -3.57. The minimum atomic E-state index is -0.378. The van der Waals surface area contributed by atoms with E-state index in [1.807, 2.05) is 48.5 Å². The van der Waals surface area contributed by atoms with Gasteiger partial charge in [0.2, 0.25) is 5.91 Å². The molecule has 1 heterocycles. The van der Waals surface area contributed by atoms with Crippen LogP contribution in [0.2, 0.25) is 5.02 Å². The Morgan fingerprint density at radius 2 is 1.73 bits per heavy atom. The summed E-state index contributed by atoms with van der Waals surface area (Å²) in [5.74, 6) is 0.0122. The van der Waals surface area contributed by atoms with Gasteiger partial charge in [0.05, 0.1) is 24.0 Å². The molecule has 3 aromatic carbocycles. The van der Waals surface area contributed by atoms with Gasteiger partial charge in [0.15, 0.2) is 5.78 Å². The maximum Gasteiger partial charge on any atom is 0.239 e. The first-order chi connectivity index (χ1) is 17.7. The summed E-state index contributed by atoms with van der Waals surface area (Å²) < 4.78 is 0. The average molecular weight is 514 g/mol. The Kier molecular flexibility index (Phi) is 6.82. The van der Waals surface area contributed by atoms with Crippen LogP contribution in [0.25, 0.3) is 0 Å². The molecule has 5 nitrogen and oxygen atoms in total. The molecule has 0 aromatic heterocycles. The number of carbonyl (C=O) groups is 2. The fourth-order valence-electron chi connectivity index (χ4n) is 5.34. The fraction of sp³-hybridized carbons (Fsp3) is 0.290. The van der Waals surface area contributed by atoms with Crippen LogP contribution >= 0.6 is 11.6 Å². The van der Waals surface area contributed by atoms with Gasteiger partial charge < -0.3 is 15.5 Å². The highest BCUT2D eigenvalue weighted by Gasteiger charge is 2.41. The van der Waals surface area contributed by atoms with E-state index in [1.54, 1.807) is 0 Å². The number of amides is 1. The largest absolute Gasteiger partial charge is 0.357 e. The van der Waals surface area contributed by atoms with Gasteiger partial charge in [0.1, 0.15) is 0 Å². The van der Waals surface area contributed by atoms with Crippen LogP contribution in [0.3, 0.4) is 0 Å². The number of para-hydroxylation sites is 2. The van der Waals surface area contributed by atoms with E-state index in [1.165, 1.54) is 0 Å². The average Bonchev–Trinajstić information content (AvgIpc) is 2.98. The molecule has 0 fully saturated rings. The predicted molar refractivity (Wildman–Crippen MR) is 150 cm³/mol. The smallest absolute Gasteiger partial charge is 0.239 e. The lowest BCUT2D eigenvalue weighted by atomic mass is 9.73. The monoisotopic (exact) mass is 513 g/mol. The van der Waals surface area contributed by atoms with Crippen LogP contribution in [0.1, 0.15) is 49.4 Å². The number of hydrogen-bond donors (Lipinski definition) is 2. The Labute approximate surface area is 223 Å². The SMILES string of the molecule is Cc1ccc(C2C3=C(CC(C)(C)CC3=O)Nc3ccccc3N2CC(=O)NCc2ccc(Cl)cc2)cc1. The van der Waals surface area contributed by atoms with Crippen molar-refractivity contribution in [1.29, 1.82) is 0 Å². The molecule has 3 aromatic rings. The van der Waals surface area contributed by atoms with Gasteiger partial charge in [-0.05, 0) is 54.2 Å². The Morgan fingerprint density at radius 3 is 2.46 bits per heavy atom. The van der Waals surface area contributed by atoms with Crippen molar-refractivity contribution in [3.63, 3.8) is 0 Å². The van der Waals surface area contributed by atoms with Crippen molar-refractivity contribution in [2.24, 2.45) is 5.41 Å². The molecular formula is C31H32ClN3O2. The lowest BCUT2D eigenvalue weighted by Gasteiger charge is -2.38. The highest BCUT2D eigenvalue weighted by molar-refractivity contribution is 6.30. The Morgan fingerprint density at radius 1 is 1.03 bits per heavy atom. The zero-order valence-corrected chi connectivity index (χ0v) is 22.2. The molecule has 5 rings (SSSR count). The number of rotatable bonds is 5. The van der Waals surface area contributed by atoms with Gasteiger partial charge in [-0.2, -0.15) is 0 Å². The van der Waals surface area contributed by atoms with Crippen molar-refractivity contribution in [2.75, 3.05) is 16.8 Å². The van der Waals surface area contributed by atoms with Gasteiger partial charge in [-0.3, -0.25) is 9.59 Å². The number of benzene rings is 3. The highest BCUT2D eigenvalue weighted by atomic mass is 35.5. The third-order valence-electron chi connectivity index (χ3n) is 7.11. The second-order valence-electron chi connectivity index (χ2n) is 10.8. The number of halogens is 1. The topological polar surface area (TPSA) is 61.4 Å². The number of nitrogens with zero attached hydrogens (tertiary/aromatic N) is 1. The number of allylic oxidation sites excluding steroid dienone is 1. The molecule has 0 bridgehead atoms. The van der Waals surface area contributed by atoms with Crippen molar-refractivity contribution >= 4 is 34.7 Å². The number of fused-ring (bicyclic) bond motifs is 1. The lowest BCUT2D eigenvalue weighted by Crippen LogP contribution is -2.41. The first-order valence-electron chi connectivity index (χ1n) is 12.7. The molecule has 0 saturated heterocycles. The van der Waals surface area contributed by atoms with E-state index in [-0.39, 0.29) is 29.7 Å². The third kappa shape index (κ3) is 5.42. The number of anilines is 2. The standard InChI is InChI=1S/C31H32ClN3O2/c1-20-8-12-22(13-9-20)30-29-25(16-31(2,3)17-27(29)36)34-24-6-4-5-7-26(24)35(30)19-28(37)33-18-21-10-14-23(32)15-11-21/h4-15,30,34H,16-19H2,1-3H3,(H,33,37). The summed E-state index contributed by atoms with van der Waals surface area (Å²) in [6.45, 7) is 6.83. The molecule has 1 aliphatic heterocycles. The molecule has 190 valence electrons. The van der Waals surface area contributed by atoms with Gasteiger partial charge in [-0.1, -0.05) is 79.5 Å². The number of nitrogens with one attached hydrogen (secondary N) is 2. The van der Waals surface area contributed by atoms with E-state index in [4.69, 9.17) is 11.6 Å². The Balaban J connectivity index is 1.56. The summed E-state index contributed by atoms with van der Waals surface area (Å²) in [5.41, 5.74) is 6.48. The summed E-state index contributed by atoms with van der Waals surface area (Å²) in [5, 5.41) is 7.31. The first-order valence-corrected chi connectivity index (χ1v) is 13.0. The zero-order valence-electron chi connectivity index (χ0n) is 21.5. The van der Waals surface area contributed by atoms with E-state index < -0.39 is 0 Å². The second-order valence-corrected chi connectivity index (χ2v) is 11.3. The summed E-state index contributed by atoms with van der Waals surface area (Å²) in [7, 11) is 0. The van der Waals surface area contributed by atoms with Crippen molar-refractivity contribution < 1.29 is 9.59 Å². The van der Waals surface area contributed by atoms with Crippen LogP contribution in [-0.4, -0.2) is 18.2 Å². The molecule has 0 radical (unpaired) electrons. The molecule has 2 aliphatic rings. The number of hydrogen-bond acceptors (Lipinski definition) is 4. The number of ketones is 1. The summed E-state index contributed by atoms with van der Waals surface area (Å²) in [6, 6.07) is 23.3. The zero-order chi connectivity index (χ0) is 26.2. The summed E-state index contributed by atoms with van der Waals surface area (Å²) in [4.78, 5) is 29.2. The summed E-state index contributed by atoms with van der Waals surface area (Å²) in [6.07, 6.45) is 1.24. The summed E-state index contributed by atoms with van der Waals surface area (Å²) >= 11 is 6.00. The first kappa shape index (κ1) is 25.1. The number of Topliss-reactive ketones (excluding diaryl/α,β-unsaturated/α-hetero) is 1. The van der Waals surface area contributed by atoms with E-state index in [0.717, 1.165) is 45.8 Å². The van der Waals surface area contributed by atoms with Gasteiger partial charge in [-0.15, -0.1) is 0 Å². The van der Waals surface area contributed by atoms with Crippen molar-refractivity contribution in [1.82, 2.24) is 5.32 Å². The molecule has 1 aliphatic carbocycles. The second kappa shape index (κ2) is 10.1. The maximum absolute atomic E-state index is 13.7. The number of carbonyl (C=O) groups excluding carboxylic acids is 2. The lowest BCUT2D eigenvalue weighted by molar-refractivity contribution is -0.120. The van der Waals surface area contributed by atoms with Crippen LogP contribution < -0.4 is 15.5 Å². The van der Waals surface area contributed by atoms with Gasteiger partial charge >= 0.3 is 0 Å². The van der Waals surface area contributed by atoms with Crippen molar-refractivity contribution in [3.05, 3.63) is 106 Å². The van der Waals surface area contributed by atoms with Crippen molar-refractivity contribution in [2.45, 2.75) is 46.2 Å². The molecule has 1 amide bonds. The molecule has 0 spiro atoms. The minimum Gasteiger partial charge on any atom is -0.357 e. The molecule has 6 heteroatoms. The maximum atomic E-state index is 13.7. The normalized spacial score (nSPS) is 18.4. The van der Waals surface area contributed by atoms with Crippen LogP contribution in [0.15, 0.2) is 84.1 Å². The van der Waals surface area contributed by atoms with E-state index in [9.17, 15) is 9.59 Å². The highest BCUT2D eigenvalue weighted by Crippen LogP contribution is 2.48. The molecule has 37 heavy (non-hydrogen) atoms. The molecule has 1 atom stereocenters. The fourth-order valence-corrected chi connectivity index (χ4v) is 5.46. The quantitative estimate of drug-likeness (QED) is 0.404. The van der Waals surface area contributed by atoms with Gasteiger partial charge in [0, 0.05) is 29.3 Å². The van der Waals surface area contributed by atoms with Crippen LogP contribution in [0.4, 0.5) is 11.4 Å². The van der Waals surface area contributed by atoms with Gasteiger partial charge in [-0.25, -0.2) is 0 Å². The van der Waals surface area contributed by atoms with Crippen molar-refractivity contribution in [3.8, 4) is 0 Å². The molecule has 2 N–H and O–H groups in total. The number of aryl methyl sites for hydroxylation is 1. The minimum absolute atomic E-state index is 0.109. The molecule has 0 saturated carbocycles. The van der Waals surface area contributed by atoms with E-state index in [2.05, 4.69) is 60.6 Å².